The largest absolute Gasteiger partial charge is 0.489 e. The number of rotatable bonds is 6. The molecule has 1 fully saturated rings. The molecule has 0 radical (unpaired) electrons. The van der Waals surface area contributed by atoms with Gasteiger partial charge in [-0.1, -0.05) is 41.4 Å². The van der Waals surface area contributed by atoms with Crippen LogP contribution in [0.2, 0.25) is 5.02 Å². The molecule has 0 aliphatic carbocycles. The Bertz CT molecular complexity index is 994. The van der Waals surface area contributed by atoms with Crippen LogP contribution in [-0.4, -0.2) is 41.9 Å². The summed E-state index contributed by atoms with van der Waals surface area (Å²) in [5.74, 6) is 0.958. The molecule has 0 saturated carbocycles. The van der Waals surface area contributed by atoms with Gasteiger partial charge in [-0.25, -0.2) is 0 Å². The molecule has 2 heterocycles. The molecule has 0 bridgehead atoms. The zero-order valence-corrected chi connectivity index (χ0v) is 18.6. The van der Waals surface area contributed by atoms with Gasteiger partial charge in [0, 0.05) is 43.3 Å². The van der Waals surface area contributed by atoms with E-state index < -0.39 is 0 Å². The van der Waals surface area contributed by atoms with Crippen LogP contribution in [-0.2, 0) is 13.2 Å². The minimum Gasteiger partial charge on any atom is -0.489 e. The molecule has 3 aromatic rings. The lowest BCUT2D eigenvalue weighted by atomic mass is 10.2. The smallest absolute Gasteiger partial charge is 0.264 e. The van der Waals surface area contributed by atoms with Gasteiger partial charge < -0.3 is 9.64 Å². The predicted molar refractivity (Wildman–Crippen MR) is 122 cm³/mol. The van der Waals surface area contributed by atoms with Crippen molar-refractivity contribution in [3.05, 3.63) is 86.6 Å². The fraction of sp³-hybridized carbons (Fsp3) is 0.292. The summed E-state index contributed by atoms with van der Waals surface area (Å²) in [6.45, 7) is 6.61. The van der Waals surface area contributed by atoms with Crippen LogP contribution in [0, 0.1) is 6.92 Å². The summed E-state index contributed by atoms with van der Waals surface area (Å²) in [6, 6.07) is 17.9. The molecule has 1 aromatic heterocycles. The Morgan fingerprint density at radius 3 is 2.53 bits per heavy atom. The summed E-state index contributed by atoms with van der Waals surface area (Å²) in [5.41, 5.74) is 3.45. The summed E-state index contributed by atoms with van der Waals surface area (Å²) in [7, 11) is 0. The Morgan fingerprint density at radius 1 is 1.03 bits per heavy atom. The van der Waals surface area contributed by atoms with Crippen molar-refractivity contribution in [3.8, 4) is 5.75 Å². The zero-order chi connectivity index (χ0) is 20.9. The van der Waals surface area contributed by atoms with Crippen LogP contribution in [0.5, 0.6) is 5.75 Å². The van der Waals surface area contributed by atoms with E-state index >= 15 is 0 Å². The van der Waals surface area contributed by atoms with Crippen LogP contribution in [0.1, 0.15) is 26.4 Å². The Morgan fingerprint density at radius 2 is 1.80 bits per heavy atom. The van der Waals surface area contributed by atoms with Gasteiger partial charge in [-0.15, -0.1) is 11.3 Å². The SMILES string of the molecule is Cc1ccc(OCc2csc(C(=O)N3CCN(Cc4cccc(Cl)c4)CC3)c2)cc1. The molecule has 2 aromatic carbocycles. The summed E-state index contributed by atoms with van der Waals surface area (Å²) in [6.07, 6.45) is 0. The van der Waals surface area contributed by atoms with Crippen LogP contribution in [0.4, 0.5) is 0 Å². The Kier molecular flexibility index (Phi) is 6.72. The van der Waals surface area contributed by atoms with Crippen molar-refractivity contribution in [2.75, 3.05) is 26.2 Å². The van der Waals surface area contributed by atoms with Crippen molar-refractivity contribution in [1.82, 2.24) is 9.80 Å². The highest BCUT2D eigenvalue weighted by Gasteiger charge is 2.23. The van der Waals surface area contributed by atoms with Gasteiger partial charge in [0.2, 0.25) is 0 Å². The maximum atomic E-state index is 12.9. The number of aryl methyl sites for hydroxylation is 1. The molecule has 1 aliphatic rings. The van der Waals surface area contributed by atoms with Crippen molar-refractivity contribution >= 4 is 28.8 Å². The van der Waals surface area contributed by atoms with Crippen LogP contribution < -0.4 is 4.74 Å². The maximum Gasteiger partial charge on any atom is 0.264 e. The second kappa shape index (κ2) is 9.65. The van der Waals surface area contributed by atoms with Crippen LogP contribution >= 0.6 is 22.9 Å². The lowest BCUT2D eigenvalue weighted by molar-refractivity contribution is 0.0633. The summed E-state index contributed by atoms with van der Waals surface area (Å²) in [5, 5.41) is 2.78. The van der Waals surface area contributed by atoms with Crippen molar-refractivity contribution in [2.45, 2.75) is 20.1 Å². The van der Waals surface area contributed by atoms with Gasteiger partial charge in [-0.3, -0.25) is 9.69 Å². The Labute approximate surface area is 186 Å². The van der Waals surface area contributed by atoms with Gasteiger partial charge in [0.15, 0.2) is 0 Å². The Balaban J connectivity index is 1.27. The number of amides is 1. The third-order valence-corrected chi connectivity index (χ3v) is 6.45. The van der Waals surface area contributed by atoms with Crippen LogP contribution in [0.25, 0.3) is 0 Å². The number of benzene rings is 2. The molecule has 1 saturated heterocycles. The van der Waals surface area contributed by atoms with Crippen LogP contribution in [0.15, 0.2) is 60.0 Å². The first-order valence-corrected chi connectivity index (χ1v) is 11.4. The second-order valence-corrected chi connectivity index (χ2v) is 8.97. The monoisotopic (exact) mass is 440 g/mol. The van der Waals surface area contributed by atoms with E-state index in [2.05, 4.69) is 17.9 Å². The van der Waals surface area contributed by atoms with Gasteiger partial charge in [0.1, 0.15) is 12.4 Å². The minimum atomic E-state index is 0.115. The molecule has 1 aliphatic heterocycles. The zero-order valence-electron chi connectivity index (χ0n) is 17.0. The van der Waals surface area contributed by atoms with Crippen LogP contribution in [0.3, 0.4) is 0 Å². The van der Waals surface area contributed by atoms with Gasteiger partial charge in [-0.05, 0) is 48.2 Å². The molecular formula is C24H25ClN2O2S. The van der Waals surface area contributed by atoms with E-state index in [9.17, 15) is 4.79 Å². The molecule has 4 rings (SSSR count). The van der Waals surface area contributed by atoms with E-state index in [1.165, 1.54) is 22.5 Å². The van der Waals surface area contributed by atoms with Crippen molar-refractivity contribution in [3.63, 3.8) is 0 Å². The van der Waals surface area contributed by atoms with Crippen molar-refractivity contribution in [2.24, 2.45) is 0 Å². The van der Waals surface area contributed by atoms with Gasteiger partial charge in [-0.2, -0.15) is 0 Å². The van der Waals surface area contributed by atoms with Crippen molar-refractivity contribution < 1.29 is 9.53 Å². The fourth-order valence-corrected chi connectivity index (χ4v) is 4.60. The lowest BCUT2D eigenvalue weighted by Gasteiger charge is -2.34. The number of carbonyl (C=O) groups excluding carboxylic acids is 1. The average Bonchev–Trinajstić information content (AvgIpc) is 3.22. The molecule has 1 amide bonds. The minimum absolute atomic E-state index is 0.115. The number of halogens is 1. The van der Waals surface area contributed by atoms with E-state index in [0.29, 0.717) is 6.61 Å². The van der Waals surface area contributed by atoms with Gasteiger partial charge in [0.25, 0.3) is 5.91 Å². The number of nitrogens with zero attached hydrogens (tertiary/aromatic N) is 2. The lowest BCUT2D eigenvalue weighted by Crippen LogP contribution is -2.48. The van der Waals surface area contributed by atoms with E-state index in [-0.39, 0.29) is 5.91 Å². The molecular weight excluding hydrogens is 416 g/mol. The molecule has 0 unspecified atom stereocenters. The topological polar surface area (TPSA) is 32.8 Å². The average molecular weight is 441 g/mol. The highest BCUT2D eigenvalue weighted by atomic mass is 35.5. The molecule has 30 heavy (non-hydrogen) atoms. The first kappa shape index (κ1) is 20.9. The Hall–Kier alpha value is -2.34. The highest BCUT2D eigenvalue weighted by molar-refractivity contribution is 7.12. The molecule has 0 spiro atoms. The standard InChI is InChI=1S/C24H25ClN2O2S/c1-18-5-7-22(8-6-18)29-16-20-14-23(30-17-20)24(28)27-11-9-26(10-12-27)15-19-3-2-4-21(25)13-19/h2-8,13-14,17H,9-12,15-16H2,1H3. The van der Waals surface area contributed by atoms with E-state index in [4.69, 9.17) is 16.3 Å². The van der Waals surface area contributed by atoms with E-state index in [0.717, 1.165) is 53.9 Å². The summed E-state index contributed by atoms with van der Waals surface area (Å²) in [4.78, 5) is 18.0. The number of thiophene rings is 1. The normalized spacial score (nSPS) is 14.7. The quantitative estimate of drug-likeness (QED) is 0.525. The molecule has 0 N–H and O–H groups in total. The van der Waals surface area contributed by atoms with E-state index in [1.807, 2.05) is 58.8 Å². The molecule has 6 heteroatoms. The first-order chi connectivity index (χ1) is 14.6. The number of carbonyl (C=O) groups is 1. The third kappa shape index (κ3) is 5.42. The molecule has 4 nitrogen and oxygen atoms in total. The third-order valence-electron chi connectivity index (χ3n) is 5.25. The summed E-state index contributed by atoms with van der Waals surface area (Å²) >= 11 is 7.58. The second-order valence-electron chi connectivity index (χ2n) is 7.62. The first-order valence-electron chi connectivity index (χ1n) is 10.1. The number of ether oxygens (including phenoxy) is 1. The highest BCUT2D eigenvalue weighted by Crippen LogP contribution is 2.21. The predicted octanol–water partition coefficient (Wildman–Crippen LogP) is 5.25. The molecule has 0 atom stereocenters. The maximum absolute atomic E-state index is 12.9. The van der Waals surface area contributed by atoms with Gasteiger partial charge >= 0.3 is 0 Å². The molecule has 156 valence electrons. The van der Waals surface area contributed by atoms with Gasteiger partial charge in [0.05, 0.1) is 4.88 Å². The fourth-order valence-electron chi connectivity index (χ4n) is 3.52. The summed E-state index contributed by atoms with van der Waals surface area (Å²) < 4.78 is 5.83. The number of piperazine rings is 1. The van der Waals surface area contributed by atoms with Crippen molar-refractivity contribution in [1.29, 1.82) is 0 Å². The number of hydrogen-bond acceptors (Lipinski definition) is 4. The van der Waals surface area contributed by atoms with E-state index in [1.54, 1.807) is 0 Å². The number of hydrogen-bond donors (Lipinski definition) is 0.